The molecule has 2 aromatic carbocycles. The number of amides is 1. The van der Waals surface area contributed by atoms with E-state index in [1.807, 2.05) is 25.1 Å². The zero-order chi connectivity index (χ0) is 15.9. The van der Waals surface area contributed by atoms with Gasteiger partial charge in [0.15, 0.2) is 0 Å². The van der Waals surface area contributed by atoms with E-state index in [0.29, 0.717) is 25.1 Å². The summed E-state index contributed by atoms with van der Waals surface area (Å²) in [6, 6.07) is 11.6. The van der Waals surface area contributed by atoms with Crippen LogP contribution in [0.4, 0.5) is 10.1 Å². The van der Waals surface area contributed by atoms with E-state index in [9.17, 15) is 9.18 Å². The van der Waals surface area contributed by atoms with Crippen molar-refractivity contribution in [3.8, 4) is 5.75 Å². The monoisotopic (exact) mass is 365 g/mol. The first-order chi connectivity index (χ1) is 10.5. The Hall–Kier alpha value is -1.88. The summed E-state index contributed by atoms with van der Waals surface area (Å²) in [6.07, 6.45) is 0.953. The van der Waals surface area contributed by atoms with Crippen LogP contribution in [0.2, 0.25) is 0 Å². The molecule has 0 unspecified atom stereocenters. The van der Waals surface area contributed by atoms with E-state index in [-0.39, 0.29) is 11.7 Å². The number of benzene rings is 2. The highest BCUT2D eigenvalue weighted by Crippen LogP contribution is 2.25. The van der Waals surface area contributed by atoms with Crippen molar-refractivity contribution in [1.82, 2.24) is 0 Å². The molecule has 1 N–H and O–H groups in total. The van der Waals surface area contributed by atoms with Gasteiger partial charge in [0.05, 0.1) is 11.1 Å². The smallest absolute Gasteiger partial charge is 0.224 e. The molecule has 0 atom stereocenters. The van der Waals surface area contributed by atoms with Gasteiger partial charge in [-0.1, -0.05) is 6.07 Å². The molecule has 5 heteroatoms. The molecule has 0 aliphatic carbocycles. The molecular formula is C17H17BrFNO2. The Kier molecular flexibility index (Phi) is 5.95. The van der Waals surface area contributed by atoms with Crippen LogP contribution >= 0.6 is 15.9 Å². The molecule has 3 nitrogen and oxygen atoms in total. The minimum absolute atomic E-state index is 0.113. The summed E-state index contributed by atoms with van der Waals surface area (Å²) >= 11 is 3.44. The lowest BCUT2D eigenvalue weighted by molar-refractivity contribution is -0.116. The zero-order valence-corrected chi connectivity index (χ0v) is 13.8. The quantitative estimate of drug-likeness (QED) is 0.753. The number of nitrogens with one attached hydrogen (secondary N) is 1. The summed E-state index contributed by atoms with van der Waals surface area (Å²) in [5.41, 5.74) is 1.74. The lowest BCUT2D eigenvalue weighted by atomic mass is 10.2. The first-order valence-corrected chi connectivity index (χ1v) is 7.78. The Bertz CT molecular complexity index is 644. The third-order valence-corrected chi connectivity index (χ3v) is 3.64. The molecule has 0 aliphatic heterocycles. The standard InChI is InChI=1S/C17H17BrFNO2/c1-12-4-9-16(15(18)11-12)22-10-2-3-17(21)20-14-7-5-13(19)6-8-14/h4-9,11H,2-3,10H2,1H3,(H,20,21). The highest BCUT2D eigenvalue weighted by Gasteiger charge is 2.04. The minimum Gasteiger partial charge on any atom is -0.492 e. The topological polar surface area (TPSA) is 38.3 Å². The SMILES string of the molecule is Cc1ccc(OCCCC(=O)Nc2ccc(F)cc2)c(Br)c1. The van der Waals surface area contributed by atoms with Gasteiger partial charge in [-0.15, -0.1) is 0 Å². The molecule has 0 heterocycles. The number of halogens is 2. The zero-order valence-electron chi connectivity index (χ0n) is 12.2. The highest BCUT2D eigenvalue weighted by molar-refractivity contribution is 9.10. The first kappa shape index (κ1) is 16.5. The van der Waals surface area contributed by atoms with Crippen molar-refractivity contribution in [2.24, 2.45) is 0 Å². The second-order valence-corrected chi connectivity index (χ2v) is 5.80. The third-order valence-electron chi connectivity index (χ3n) is 3.02. The summed E-state index contributed by atoms with van der Waals surface area (Å²) in [6.45, 7) is 2.47. The van der Waals surface area contributed by atoms with Crippen LogP contribution in [0.5, 0.6) is 5.75 Å². The van der Waals surface area contributed by atoms with Gasteiger partial charge < -0.3 is 10.1 Å². The Labute approximate surface area is 137 Å². The molecule has 2 aromatic rings. The number of carbonyl (C=O) groups excluding carboxylic acids is 1. The van der Waals surface area contributed by atoms with Crippen molar-refractivity contribution < 1.29 is 13.9 Å². The van der Waals surface area contributed by atoms with Crippen LogP contribution in [0.3, 0.4) is 0 Å². The molecule has 0 aliphatic rings. The van der Waals surface area contributed by atoms with Crippen molar-refractivity contribution in [3.63, 3.8) is 0 Å². The van der Waals surface area contributed by atoms with Crippen LogP contribution < -0.4 is 10.1 Å². The van der Waals surface area contributed by atoms with E-state index >= 15 is 0 Å². The first-order valence-electron chi connectivity index (χ1n) is 6.99. The summed E-state index contributed by atoms with van der Waals surface area (Å²) in [7, 11) is 0. The molecule has 0 spiro atoms. The van der Waals surface area contributed by atoms with Crippen molar-refractivity contribution in [2.75, 3.05) is 11.9 Å². The number of rotatable bonds is 6. The fourth-order valence-corrected chi connectivity index (χ4v) is 2.50. The van der Waals surface area contributed by atoms with Crippen LogP contribution in [0.1, 0.15) is 18.4 Å². The van der Waals surface area contributed by atoms with Gasteiger partial charge in [0, 0.05) is 12.1 Å². The summed E-state index contributed by atoms with van der Waals surface area (Å²) in [5, 5.41) is 2.72. The Morgan fingerprint density at radius 1 is 1.23 bits per heavy atom. The van der Waals surface area contributed by atoms with Crippen molar-refractivity contribution in [3.05, 3.63) is 58.3 Å². The molecule has 116 valence electrons. The van der Waals surface area contributed by atoms with Gasteiger partial charge in [-0.25, -0.2) is 4.39 Å². The van der Waals surface area contributed by atoms with Crippen molar-refractivity contribution >= 4 is 27.5 Å². The van der Waals surface area contributed by atoms with Gasteiger partial charge in [0.2, 0.25) is 5.91 Å². The number of anilines is 1. The number of carbonyl (C=O) groups is 1. The van der Waals surface area contributed by atoms with Crippen LogP contribution in [-0.2, 0) is 4.79 Å². The van der Waals surface area contributed by atoms with E-state index in [4.69, 9.17) is 4.74 Å². The van der Waals surface area contributed by atoms with Gasteiger partial charge >= 0.3 is 0 Å². The second kappa shape index (κ2) is 7.94. The van der Waals surface area contributed by atoms with Crippen LogP contribution in [0, 0.1) is 12.7 Å². The van der Waals surface area contributed by atoms with E-state index in [1.165, 1.54) is 24.3 Å². The number of aryl methyl sites for hydroxylation is 1. The molecule has 0 radical (unpaired) electrons. The largest absolute Gasteiger partial charge is 0.492 e. The van der Waals surface area contributed by atoms with Gasteiger partial charge in [0.1, 0.15) is 11.6 Å². The van der Waals surface area contributed by atoms with Crippen LogP contribution in [-0.4, -0.2) is 12.5 Å². The molecule has 0 fully saturated rings. The molecule has 0 saturated carbocycles. The predicted molar refractivity (Wildman–Crippen MR) is 88.6 cm³/mol. The molecule has 0 bridgehead atoms. The average Bonchev–Trinajstić information content (AvgIpc) is 2.48. The lowest BCUT2D eigenvalue weighted by Gasteiger charge is -2.09. The lowest BCUT2D eigenvalue weighted by Crippen LogP contribution is -2.12. The van der Waals surface area contributed by atoms with Gasteiger partial charge in [-0.2, -0.15) is 0 Å². The molecule has 0 aromatic heterocycles. The summed E-state index contributed by atoms with van der Waals surface area (Å²) < 4.78 is 19.3. The van der Waals surface area contributed by atoms with Gasteiger partial charge in [0.25, 0.3) is 0 Å². The average molecular weight is 366 g/mol. The van der Waals surface area contributed by atoms with E-state index in [1.54, 1.807) is 0 Å². The van der Waals surface area contributed by atoms with Gasteiger partial charge in [-0.05, 0) is 71.2 Å². The fourth-order valence-electron chi connectivity index (χ4n) is 1.89. The maximum absolute atomic E-state index is 12.8. The van der Waals surface area contributed by atoms with Crippen LogP contribution in [0.25, 0.3) is 0 Å². The minimum atomic E-state index is -0.324. The molecule has 0 saturated heterocycles. The second-order valence-electron chi connectivity index (χ2n) is 4.94. The maximum atomic E-state index is 12.8. The highest BCUT2D eigenvalue weighted by atomic mass is 79.9. The Morgan fingerprint density at radius 3 is 2.64 bits per heavy atom. The Balaban J connectivity index is 1.72. The number of hydrogen-bond donors (Lipinski definition) is 1. The normalized spacial score (nSPS) is 10.3. The third kappa shape index (κ3) is 5.15. The van der Waals surface area contributed by atoms with Crippen LogP contribution in [0.15, 0.2) is 46.9 Å². The number of hydrogen-bond acceptors (Lipinski definition) is 2. The van der Waals surface area contributed by atoms with Crippen molar-refractivity contribution in [2.45, 2.75) is 19.8 Å². The summed E-state index contributed by atoms with van der Waals surface area (Å²) in [4.78, 5) is 11.8. The molecule has 1 amide bonds. The van der Waals surface area contributed by atoms with E-state index in [2.05, 4.69) is 21.2 Å². The van der Waals surface area contributed by atoms with E-state index in [0.717, 1.165) is 15.8 Å². The molecule has 22 heavy (non-hydrogen) atoms. The molecular weight excluding hydrogens is 349 g/mol. The Morgan fingerprint density at radius 2 is 1.95 bits per heavy atom. The van der Waals surface area contributed by atoms with Crippen molar-refractivity contribution in [1.29, 1.82) is 0 Å². The number of ether oxygens (including phenoxy) is 1. The molecule has 2 rings (SSSR count). The fraction of sp³-hybridized carbons (Fsp3) is 0.235. The van der Waals surface area contributed by atoms with E-state index < -0.39 is 0 Å². The van der Waals surface area contributed by atoms with Gasteiger partial charge in [-0.3, -0.25) is 4.79 Å². The maximum Gasteiger partial charge on any atom is 0.224 e. The summed E-state index contributed by atoms with van der Waals surface area (Å²) in [5.74, 6) is 0.331. The predicted octanol–water partition coefficient (Wildman–Crippen LogP) is 4.69.